The standard InChI is InChI=1S/C13H10ClF5N4O2S/c1-7(12(15,16)13(17,18)19)25-10(24)6-26-11-20-3-2-9(22-11)23-5-8(14)4-21-23/h2-5,7H,6H2,1H3. The molecule has 2 aromatic rings. The molecule has 0 radical (unpaired) electrons. The van der Waals surface area contributed by atoms with Crippen LogP contribution in [-0.2, 0) is 9.53 Å². The minimum absolute atomic E-state index is 0.0707. The summed E-state index contributed by atoms with van der Waals surface area (Å²) in [5, 5.41) is 4.35. The third kappa shape index (κ3) is 4.81. The van der Waals surface area contributed by atoms with Gasteiger partial charge in [-0.2, -0.15) is 27.1 Å². The molecular formula is C13H10ClF5N4O2S. The number of esters is 1. The number of nitrogens with zero attached hydrogens (tertiary/aromatic N) is 4. The zero-order valence-electron chi connectivity index (χ0n) is 12.9. The summed E-state index contributed by atoms with van der Waals surface area (Å²) < 4.78 is 68.2. The topological polar surface area (TPSA) is 69.9 Å². The number of hydrogen-bond acceptors (Lipinski definition) is 6. The van der Waals surface area contributed by atoms with Gasteiger partial charge >= 0.3 is 18.1 Å². The number of ether oxygens (including phenoxy) is 1. The molecular weight excluding hydrogens is 407 g/mol. The minimum Gasteiger partial charge on any atom is -0.455 e. The predicted octanol–water partition coefficient (Wildman–Crippen LogP) is 3.54. The minimum atomic E-state index is -5.82. The van der Waals surface area contributed by atoms with Crippen molar-refractivity contribution >= 4 is 29.3 Å². The lowest BCUT2D eigenvalue weighted by Crippen LogP contribution is -2.47. The predicted molar refractivity (Wildman–Crippen MR) is 81.4 cm³/mol. The lowest BCUT2D eigenvalue weighted by atomic mass is 10.2. The average Bonchev–Trinajstić information content (AvgIpc) is 2.98. The smallest absolute Gasteiger partial charge is 0.455 e. The molecule has 26 heavy (non-hydrogen) atoms. The van der Waals surface area contributed by atoms with Crippen LogP contribution in [0.3, 0.4) is 0 Å². The molecule has 0 spiro atoms. The van der Waals surface area contributed by atoms with Crippen LogP contribution in [0, 0.1) is 0 Å². The Morgan fingerprint density at radius 3 is 2.65 bits per heavy atom. The maximum absolute atomic E-state index is 13.0. The Bertz CT molecular complexity index is 786. The second-order valence-electron chi connectivity index (χ2n) is 4.84. The molecule has 2 rings (SSSR count). The first-order valence-corrected chi connectivity index (χ1v) is 8.17. The maximum Gasteiger partial charge on any atom is 0.457 e. The monoisotopic (exact) mass is 416 g/mol. The van der Waals surface area contributed by atoms with Gasteiger partial charge in [0.15, 0.2) is 17.1 Å². The molecule has 0 amide bonds. The molecule has 0 N–H and O–H groups in total. The second-order valence-corrected chi connectivity index (χ2v) is 6.22. The highest BCUT2D eigenvalue weighted by Crippen LogP contribution is 2.39. The largest absolute Gasteiger partial charge is 0.457 e. The number of alkyl halides is 5. The van der Waals surface area contributed by atoms with Crippen molar-refractivity contribution in [2.45, 2.75) is 30.3 Å². The SMILES string of the molecule is CC(OC(=O)CSc1nccc(-n2cc(Cl)cn2)n1)C(F)(F)C(F)(F)F. The zero-order valence-corrected chi connectivity index (χ0v) is 14.4. The highest BCUT2D eigenvalue weighted by molar-refractivity contribution is 7.99. The Kier molecular flexibility index (Phi) is 6.06. The molecule has 0 aliphatic carbocycles. The molecule has 0 fully saturated rings. The fourth-order valence-electron chi connectivity index (χ4n) is 1.61. The lowest BCUT2D eigenvalue weighted by Gasteiger charge is -2.25. The quantitative estimate of drug-likeness (QED) is 0.310. The summed E-state index contributed by atoms with van der Waals surface area (Å²) in [6, 6.07) is 1.50. The number of halogens is 6. The Balaban J connectivity index is 1.96. The van der Waals surface area contributed by atoms with E-state index in [2.05, 4.69) is 19.8 Å². The fraction of sp³-hybridized carbons (Fsp3) is 0.385. The average molecular weight is 417 g/mol. The van der Waals surface area contributed by atoms with E-state index in [4.69, 9.17) is 11.6 Å². The molecule has 6 nitrogen and oxygen atoms in total. The number of thioether (sulfide) groups is 1. The van der Waals surface area contributed by atoms with Crippen LogP contribution in [0.5, 0.6) is 0 Å². The molecule has 1 unspecified atom stereocenters. The molecule has 0 bridgehead atoms. The van der Waals surface area contributed by atoms with Crippen LogP contribution >= 0.6 is 23.4 Å². The molecule has 2 heterocycles. The van der Waals surface area contributed by atoms with Crippen molar-refractivity contribution in [3.8, 4) is 5.82 Å². The fourth-order valence-corrected chi connectivity index (χ4v) is 2.36. The molecule has 13 heteroatoms. The molecule has 0 saturated heterocycles. The van der Waals surface area contributed by atoms with Gasteiger partial charge in [0.25, 0.3) is 0 Å². The van der Waals surface area contributed by atoms with Crippen LogP contribution in [0.2, 0.25) is 5.02 Å². The van der Waals surface area contributed by atoms with E-state index in [9.17, 15) is 26.7 Å². The summed E-state index contributed by atoms with van der Waals surface area (Å²) in [5.74, 6) is -6.65. The summed E-state index contributed by atoms with van der Waals surface area (Å²) in [4.78, 5) is 19.4. The normalized spacial score (nSPS) is 13.5. The van der Waals surface area contributed by atoms with E-state index < -0.39 is 29.9 Å². The van der Waals surface area contributed by atoms with Crippen molar-refractivity contribution in [1.82, 2.24) is 19.7 Å². The Morgan fingerprint density at radius 2 is 2.08 bits per heavy atom. The molecule has 0 aromatic carbocycles. The first-order valence-electron chi connectivity index (χ1n) is 6.81. The van der Waals surface area contributed by atoms with Crippen molar-refractivity contribution < 1.29 is 31.5 Å². The van der Waals surface area contributed by atoms with E-state index in [0.717, 1.165) is 0 Å². The molecule has 1 atom stereocenters. The van der Waals surface area contributed by atoms with Crippen LogP contribution in [0.25, 0.3) is 5.82 Å². The van der Waals surface area contributed by atoms with Crippen LogP contribution in [0.1, 0.15) is 6.92 Å². The van der Waals surface area contributed by atoms with E-state index in [-0.39, 0.29) is 5.16 Å². The summed E-state index contributed by atoms with van der Waals surface area (Å²) in [7, 11) is 0. The van der Waals surface area contributed by atoms with Crippen molar-refractivity contribution in [2.75, 3.05) is 5.75 Å². The highest BCUT2D eigenvalue weighted by atomic mass is 35.5. The van der Waals surface area contributed by atoms with Gasteiger partial charge in [-0.15, -0.1) is 0 Å². The van der Waals surface area contributed by atoms with Gasteiger partial charge in [0.2, 0.25) is 0 Å². The zero-order chi connectivity index (χ0) is 19.5. The molecule has 142 valence electrons. The number of aromatic nitrogens is 4. The summed E-state index contributed by atoms with van der Waals surface area (Å²) in [6.45, 7) is 0.467. The summed E-state index contributed by atoms with van der Waals surface area (Å²) in [5.41, 5.74) is 0. The van der Waals surface area contributed by atoms with E-state index in [1.807, 2.05) is 0 Å². The van der Waals surface area contributed by atoms with Crippen molar-refractivity contribution in [3.63, 3.8) is 0 Å². The number of rotatable bonds is 6. The Hall–Kier alpha value is -1.95. The van der Waals surface area contributed by atoms with Gasteiger partial charge in [-0.25, -0.2) is 14.6 Å². The number of carbonyl (C=O) groups is 1. The van der Waals surface area contributed by atoms with E-state index in [0.29, 0.717) is 29.5 Å². The Morgan fingerprint density at radius 1 is 1.38 bits per heavy atom. The van der Waals surface area contributed by atoms with Gasteiger partial charge in [0.05, 0.1) is 23.2 Å². The Labute approximate surface area is 152 Å². The molecule has 0 aliphatic rings. The molecule has 0 saturated carbocycles. The molecule has 0 aliphatic heterocycles. The summed E-state index contributed by atoms with van der Waals surface area (Å²) in [6.07, 6.45) is -4.29. The van der Waals surface area contributed by atoms with Crippen LogP contribution in [0.4, 0.5) is 22.0 Å². The third-order valence-electron chi connectivity index (χ3n) is 2.92. The van der Waals surface area contributed by atoms with Gasteiger partial charge < -0.3 is 4.74 Å². The van der Waals surface area contributed by atoms with Crippen LogP contribution in [0.15, 0.2) is 29.8 Å². The summed E-state index contributed by atoms with van der Waals surface area (Å²) >= 11 is 6.44. The maximum atomic E-state index is 13.0. The van der Waals surface area contributed by atoms with Gasteiger partial charge in [-0.3, -0.25) is 4.79 Å². The highest BCUT2D eigenvalue weighted by Gasteiger charge is 2.62. The first kappa shape index (κ1) is 20.4. The van der Waals surface area contributed by atoms with E-state index >= 15 is 0 Å². The number of carbonyl (C=O) groups excluding carboxylic acids is 1. The van der Waals surface area contributed by atoms with Crippen LogP contribution < -0.4 is 0 Å². The second kappa shape index (κ2) is 7.74. The van der Waals surface area contributed by atoms with Crippen LogP contribution in [-0.4, -0.2) is 49.7 Å². The van der Waals surface area contributed by atoms with Gasteiger partial charge in [0.1, 0.15) is 0 Å². The first-order chi connectivity index (χ1) is 12.0. The third-order valence-corrected chi connectivity index (χ3v) is 3.95. The lowest BCUT2D eigenvalue weighted by molar-refractivity contribution is -0.311. The van der Waals surface area contributed by atoms with Gasteiger partial charge in [-0.1, -0.05) is 23.4 Å². The van der Waals surface area contributed by atoms with E-state index in [1.165, 1.54) is 29.3 Å². The van der Waals surface area contributed by atoms with Gasteiger partial charge in [0, 0.05) is 12.3 Å². The van der Waals surface area contributed by atoms with Crippen molar-refractivity contribution in [2.24, 2.45) is 0 Å². The molecule has 2 aromatic heterocycles. The van der Waals surface area contributed by atoms with Crippen molar-refractivity contribution in [3.05, 3.63) is 29.7 Å². The van der Waals surface area contributed by atoms with Gasteiger partial charge in [-0.05, 0) is 6.92 Å². The number of hydrogen-bond donors (Lipinski definition) is 0. The van der Waals surface area contributed by atoms with E-state index in [1.54, 1.807) is 0 Å². The van der Waals surface area contributed by atoms with Crippen molar-refractivity contribution in [1.29, 1.82) is 0 Å².